The Balaban J connectivity index is 1.02. The van der Waals surface area contributed by atoms with E-state index in [0.717, 1.165) is 96.4 Å². The van der Waals surface area contributed by atoms with Gasteiger partial charge in [-0.1, -0.05) is 144 Å². The van der Waals surface area contributed by atoms with Gasteiger partial charge in [-0.15, -0.1) is 0 Å². The first-order valence-electron chi connectivity index (χ1n) is 33.6. The second-order valence-corrected chi connectivity index (χ2v) is 31.7. The van der Waals surface area contributed by atoms with Crippen molar-refractivity contribution in [3.8, 4) is 11.5 Å². The van der Waals surface area contributed by atoms with Crippen LogP contribution in [0.15, 0.2) is 170 Å². The van der Waals surface area contributed by atoms with E-state index in [1.54, 1.807) is 4.90 Å². The Kier molecular flexibility index (Phi) is 12.5. The predicted molar refractivity (Wildman–Crippen MR) is 388 cm³/mol. The van der Waals surface area contributed by atoms with Crippen LogP contribution in [0.3, 0.4) is 0 Å². The molecule has 0 saturated heterocycles. The zero-order valence-corrected chi connectivity index (χ0v) is 56.6. The molecule has 7 heterocycles. The van der Waals surface area contributed by atoms with E-state index in [9.17, 15) is 0 Å². The number of halogens is 8. The SMILES string of the molecule is CC(C)(C)c1ccc2c(c1)N(c1cc(F)cc(F)c1)c1cccc3c1B2c1cc2c(cc1N3c1cc(F)cc(F)c1)N(c1cc(F)cc(F)c1)c1cc3c4c5c1B2c1ccc(C(C)(C)C)c2c1N5c1c(ccc(C(C)(C)C)c1O2)B4c1ccc(C(C)(C)C)cc1N3c1cc(F)cc(F)c1. The summed E-state index contributed by atoms with van der Waals surface area (Å²) in [4.78, 5) is 9.80. The van der Waals surface area contributed by atoms with Crippen LogP contribution < -0.4 is 78.4 Å². The van der Waals surface area contributed by atoms with Gasteiger partial charge in [-0.25, -0.2) is 35.1 Å². The lowest BCUT2D eigenvalue weighted by atomic mass is 9.27. The monoisotopic (exact) mass is 1320 g/mol. The Morgan fingerprint density at radius 3 is 0.929 bits per heavy atom. The summed E-state index contributed by atoms with van der Waals surface area (Å²) in [6.07, 6.45) is 0. The molecule has 99 heavy (non-hydrogen) atoms. The van der Waals surface area contributed by atoms with Crippen molar-refractivity contribution >= 4 is 155 Å². The molecule has 0 radical (unpaired) electrons. The molecule has 0 N–H and O–H groups in total. The number of anilines is 15. The van der Waals surface area contributed by atoms with Crippen molar-refractivity contribution in [3.63, 3.8) is 0 Å². The second-order valence-electron chi connectivity index (χ2n) is 31.7. The molecule has 0 amide bonds. The van der Waals surface area contributed by atoms with Gasteiger partial charge in [0.25, 0.3) is 20.1 Å². The molecule has 0 saturated carbocycles. The smallest absolute Gasteiger partial charge is 0.252 e. The molecule has 11 aromatic carbocycles. The van der Waals surface area contributed by atoms with Gasteiger partial charge in [0, 0.05) is 86.6 Å². The van der Waals surface area contributed by atoms with Gasteiger partial charge in [0.1, 0.15) is 46.5 Å². The fourth-order valence-electron chi connectivity index (χ4n) is 17.1. The van der Waals surface area contributed by atoms with Crippen LogP contribution in [0.1, 0.15) is 105 Å². The lowest BCUT2D eigenvalue weighted by molar-refractivity contribution is 0.432. The van der Waals surface area contributed by atoms with Gasteiger partial charge in [0.2, 0.25) is 0 Å². The first-order valence-corrected chi connectivity index (χ1v) is 33.6. The largest absolute Gasteiger partial charge is 0.452 e. The van der Waals surface area contributed by atoms with Crippen LogP contribution in [0.2, 0.25) is 0 Å². The highest BCUT2D eigenvalue weighted by Gasteiger charge is 2.57. The van der Waals surface area contributed by atoms with E-state index in [2.05, 4.69) is 155 Å². The van der Waals surface area contributed by atoms with Crippen LogP contribution in [0.5, 0.6) is 11.5 Å². The zero-order valence-electron chi connectivity index (χ0n) is 56.6. The van der Waals surface area contributed by atoms with Crippen LogP contribution in [0.4, 0.5) is 120 Å². The maximum Gasteiger partial charge on any atom is 0.252 e. The highest BCUT2D eigenvalue weighted by molar-refractivity contribution is 7.06. The van der Waals surface area contributed by atoms with E-state index in [-0.39, 0.29) is 22.7 Å². The molecule has 11 aromatic rings. The van der Waals surface area contributed by atoms with Crippen molar-refractivity contribution in [1.29, 1.82) is 0 Å². The molecule has 0 unspecified atom stereocenters. The Morgan fingerprint density at radius 1 is 0.263 bits per heavy atom. The van der Waals surface area contributed by atoms with Crippen LogP contribution in [-0.4, -0.2) is 20.1 Å². The topological polar surface area (TPSA) is 25.4 Å². The van der Waals surface area contributed by atoms with Gasteiger partial charge in [0.05, 0.1) is 34.1 Å². The Labute approximate surface area is 571 Å². The summed E-state index contributed by atoms with van der Waals surface area (Å²) >= 11 is 0. The minimum Gasteiger partial charge on any atom is -0.452 e. The molecule has 0 aliphatic carbocycles. The summed E-state index contributed by atoms with van der Waals surface area (Å²) in [5.41, 5.74) is 16.5. The Morgan fingerprint density at radius 2 is 0.576 bits per heavy atom. The van der Waals surface area contributed by atoms with Crippen LogP contribution in [0, 0.1) is 46.5 Å². The molecule has 0 aromatic heterocycles. The van der Waals surface area contributed by atoms with Crippen molar-refractivity contribution in [2.24, 2.45) is 0 Å². The summed E-state index contributed by atoms with van der Waals surface area (Å²) in [5.74, 6) is -5.26. The molecule has 7 aliphatic rings. The standard InChI is InChI=1S/C82H64B3F8N5O/c1-79(2,3)41-17-21-58-65(24-41)94(51-30-43(86)26-44(87)31-51)63-14-13-15-64-71(63)84(58)61-38-62-68(39-67(61)95(64)52-32-45(88)27-46(89)33-52)97(54-36-49(92)29-50(93)37-54)70-40-69-72-76-73(70)85(62)60-23-19-56(82(10,11)12)78-75(60)98(76)74-59(22-18-55(77(74)99-78)81(7,8)9)83(72)57-20-16-42(80(4,5)6)25-66(57)96(69)53-34-47(90)28-48(91)35-53/h13-40H,1-12H3. The number of ether oxygens (including phenoxy) is 1. The Bertz CT molecular complexity index is 5410. The summed E-state index contributed by atoms with van der Waals surface area (Å²) in [5, 5.41) is 0. The van der Waals surface area contributed by atoms with Crippen molar-refractivity contribution < 1.29 is 39.9 Å². The van der Waals surface area contributed by atoms with E-state index in [0.29, 0.717) is 73.4 Å². The molecule has 18 rings (SSSR count). The lowest BCUT2D eigenvalue weighted by Crippen LogP contribution is -2.70. The van der Waals surface area contributed by atoms with Gasteiger partial charge in [-0.2, -0.15) is 0 Å². The quantitative estimate of drug-likeness (QED) is 0.129. The van der Waals surface area contributed by atoms with Gasteiger partial charge in [-0.05, 0) is 167 Å². The van der Waals surface area contributed by atoms with Gasteiger partial charge >= 0.3 is 0 Å². The highest BCUT2D eigenvalue weighted by atomic mass is 19.2. The molecule has 7 aliphatic heterocycles. The van der Waals surface area contributed by atoms with E-state index in [4.69, 9.17) is 4.74 Å². The van der Waals surface area contributed by atoms with E-state index >= 15 is 35.1 Å². The number of rotatable bonds is 4. The lowest BCUT2D eigenvalue weighted by Gasteiger charge is -2.53. The minimum atomic E-state index is -0.860. The molecule has 0 atom stereocenters. The van der Waals surface area contributed by atoms with Crippen molar-refractivity contribution in [3.05, 3.63) is 239 Å². The molecule has 0 bridgehead atoms. The van der Waals surface area contributed by atoms with Crippen LogP contribution >= 0.6 is 0 Å². The molecule has 0 fully saturated rings. The maximum atomic E-state index is 16.8. The normalized spacial score (nSPS) is 14.8. The average molecular weight is 1320 g/mol. The molecule has 0 spiro atoms. The zero-order chi connectivity index (χ0) is 69.1. The molecule has 17 heteroatoms. The molecule has 6 nitrogen and oxygen atoms in total. The third-order valence-corrected chi connectivity index (χ3v) is 21.3. The van der Waals surface area contributed by atoms with Crippen molar-refractivity contribution in [2.75, 3.05) is 24.5 Å². The summed E-state index contributed by atoms with van der Waals surface area (Å²) < 4.78 is 139. The van der Waals surface area contributed by atoms with Crippen LogP contribution in [0.25, 0.3) is 0 Å². The van der Waals surface area contributed by atoms with E-state index < -0.39 is 88.3 Å². The summed E-state index contributed by atoms with van der Waals surface area (Å²) in [6, 6.07) is 46.6. The number of benzene rings is 11. The third-order valence-electron chi connectivity index (χ3n) is 21.3. The third kappa shape index (κ3) is 8.76. The van der Waals surface area contributed by atoms with E-state index in [1.807, 2.05) is 45.0 Å². The molecular weight excluding hydrogens is 1260 g/mol. The summed E-state index contributed by atoms with van der Waals surface area (Å²) in [6.45, 7) is 23.7. The fourth-order valence-corrected chi connectivity index (χ4v) is 17.1. The van der Waals surface area contributed by atoms with E-state index in [1.165, 1.54) is 48.5 Å². The Hall–Kier alpha value is -10.1. The van der Waals surface area contributed by atoms with Gasteiger partial charge in [-0.3, -0.25) is 0 Å². The van der Waals surface area contributed by atoms with Gasteiger partial charge in [0.15, 0.2) is 11.5 Å². The summed E-state index contributed by atoms with van der Waals surface area (Å²) in [7, 11) is 0. The molecule has 488 valence electrons. The minimum absolute atomic E-state index is 0.0997. The number of hydrogen-bond donors (Lipinski definition) is 0. The highest BCUT2D eigenvalue weighted by Crippen LogP contribution is 2.60. The predicted octanol–water partition coefficient (Wildman–Crippen LogP) is 16.9. The first kappa shape index (κ1) is 61.2. The fraction of sp³-hybridized carbons (Fsp3) is 0.195. The first-order chi connectivity index (χ1) is 46.9. The number of nitrogens with zero attached hydrogens (tertiary/aromatic N) is 5. The second kappa shape index (κ2) is 20.3. The maximum absolute atomic E-state index is 16.8. The van der Waals surface area contributed by atoms with Crippen LogP contribution in [-0.2, 0) is 21.7 Å². The van der Waals surface area contributed by atoms with Crippen molar-refractivity contribution in [1.82, 2.24) is 0 Å². The number of hydrogen-bond acceptors (Lipinski definition) is 6. The number of fused-ring (bicyclic) bond motifs is 10. The molecular formula is C82H64B3F8N5O. The van der Waals surface area contributed by atoms with Crippen molar-refractivity contribution in [2.45, 2.75) is 105 Å². The van der Waals surface area contributed by atoms with Gasteiger partial charge < -0.3 is 29.2 Å². The average Bonchev–Trinajstić information content (AvgIpc) is 0.657.